The van der Waals surface area contributed by atoms with Gasteiger partial charge < -0.3 is 25.6 Å². The van der Waals surface area contributed by atoms with Crippen molar-refractivity contribution in [3.63, 3.8) is 0 Å². The molecule has 0 aliphatic carbocycles. The summed E-state index contributed by atoms with van der Waals surface area (Å²) in [5.74, 6) is -0.746. The Kier molecular flexibility index (Phi) is 7.73. The number of nitrogens with two attached hydrogens (primary N) is 1. The first-order valence-corrected chi connectivity index (χ1v) is 9.46. The zero-order chi connectivity index (χ0) is 21.7. The molecule has 0 saturated carbocycles. The van der Waals surface area contributed by atoms with Crippen LogP contribution >= 0.6 is 0 Å². The fraction of sp³-hybridized carbons (Fsp3) is 0.619. The zero-order valence-electron chi connectivity index (χ0n) is 18.0. The number of alkyl carbamates (subject to hydrolysis) is 1. The molecule has 7 heteroatoms. The van der Waals surface area contributed by atoms with E-state index in [2.05, 4.69) is 5.32 Å². The highest BCUT2D eigenvalue weighted by Gasteiger charge is 2.27. The number of esters is 1. The number of phenolic OH excluding ortho intramolecular Hbond substituents is 1. The van der Waals surface area contributed by atoms with Crippen molar-refractivity contribution in [3.8, 4) is 5.75 Å². The van der Waals surface area contributed by atoms with Gasteiger partial charge in [0.2, 0.25) is 0 Å². The normalized spacial score (nSPS) is 14.1. The molecule has 1 rings (SSSR count). The largest absolute Gasteiger partial charge is 0.506 e. The molecule has 0 aliphatic rings. The zero-order valence-corrected chi connectivity index (χ0v) is 18.0. The number of aromatic hydroxyl groups is 1. The predicted octanol–water partition coefficient (Wildman–Crippen LogP) is 3.78. The average Bonchev–Trinajstić information content (AvgIpc) is 2.47. The molecule has 0 unspecified atom stereocenters. The Bertz CT molecular complexity index is 689. The highest BCUT2D eigenvalue weighted by molar-refractivity contribution is 5.73. The fourth-order valence-corrected chi connectivity index (χ4v) is 2.61. The number of hydrogen-bond donors (Lipinski definition) is 3. The van der Waals surface area contributed by atoms with E-state index in [4.69, 9.17) is 15.2 Å². The predicted molar refractivity (Wildman–Crippen MR) is 109 cm³/mol. The number of rotatable bonds is 6. The molecular weight excluding hydrogens is 360 g/mol. The van der Waals surface area contributed by atoms with Gasteiger partial charge in [0.15, 0.2) is 0 Å². The van der Waals surface area contributed by atoms with Gasteiger partial charge in [-0.15, -0.1) is 0 Å². The molecular formula is C21H34N2O5. The highest BCUT2D eigenvalue weighted by atomic mass is 16.6. The van der Waals surface area contributed by atoms with Crippen LogP contribution in [0.2, 0.25) is 0 Å². The van der Waals surface area contributed by atoms with Gasteiger partial charge in [0.25, 0.3) is 0 Å². The number of ether oxygens (including phenoxy) is 2. The van der Waals surface area contributed by atoms with Crippen LogP contribution in [0.5, 0.6) is 5.75 Å². The minimum absolute atomic E-state index is 0.00234. The van der Waals surface area contributed by atoms with Crippen molar-refractivity contribution in [1.29, 1.82) is 0 Å². The van der Waals surface area contributed by atoms with Crippen LogP contribution in [0.25, 0.3) is 0 Å². The molecule has 0 bridgehead atoms. The molecule has 2 atom stereocenters. The number of benzene rings is 1. The molecule has 1 aromatic carbocycles. The second kappa shape index (κ2) is 9.17. The minimum Gasteiger partial charge on any atom is -0.506 e. The second-order valence-electron chi connectivity index (χ2n) is 9.11. The van der Waals surface area contributed by atoms with E-state index in [9.17, 15) is 14.7 Å². The van der Waals surface area contributed by atoms with Gasteiger partial charge in [0.05, 0.1) is 11.6 Å². The third kappa shape index (κ3) is 8.97. The van der Waals surface area contributed by atoms with Crippen LogP contribution in [0.3, 0.4) is 0 Å². The van der Waals surface area contributed by atoms with Gasteiger partial charge in [-0.05, 0) is 72.1 Å². The maximum atomic E-state index is 12.3. The lowest BCUT2D eigenvalue weighted by Crippen LogP contribution is -2.42. The summed E-state index contributed by atoms with van der Waals surface area (Å²) in [6.07, 6.45) is 0.242. The van der Waals surface area contributed by atoms with Crippen molar-refractivity contribution in [2.24, 2.45) is 5.92 Å². The quantitative estimate of drug-likeness (QED) is 0.385. The van der Waals surface area contributed by atoms with Crippen molar-refractivity contribution < 1.29 is 24.2 Å². The molecule has 28 heavy (non-hydrogen) atoms. The van der Waals surface area contributed by atoms with Crippen molar-refractivity contribution in [2.45, 2.75) is 78.6 Å². The van der Waals surface area contributed by atoms with Gasteiger partial charge >= 0.3 is 12.1 Å². The smallest absolute Gasteiger partial charge is 0.407 e. The Morgan fingerprint density at radius 1 is 1.11 bits per heavy atom. The van der Waals surface area contributed by atoms with E-state index in [0.29, 0.717) is 12.8 Å². The lowest BCUT2D eigenvalue weighted by molar-refractivity contribution is -0.159. The number of nitrogens with one attached hydrogen (secondary N) is 1. The van der Waals surface area contributed by atoms with Crippen LogP contribution in [0.15, 0.2) is 18.2 Å². The summed E-state index contributed by atoms with van der Waals surface area (Å²) < 4.78 is 10.8. The average molecular weight is 395 g/mol. The standard InChI is InChI=1S/C21H34N2O5/c1-13(18(25)27-20(2,3)4)10-15(23-19(26)28-21(5,6)7)11-14-8-9-17(24)16(22)12-14/h8-9,12-13,15,24H,10-11,22H2,1-7H3,(H,23,26)/t13-,15-/m1/s1. The summed E-state index contributed by atoms with van der Waals surface area (Å²) in [7, 11) is 0. The van der Waals surface area contributed by atoms with Crippen molar-refractivity contribution >= 4 is 17.7 Å². The molecule has 0 radical (unpaired) electrons. The lowest BCUT2D eigenvalue weighted by atomic mass is 9.95. The molecule has 0 fully saturated rings. The molecule has 4 N–H and O–H groups in total. The van der Waals surface area contributed by atoms with E-state index in [1.54, 1.807) is 39.8 Å². The summed E-state index contributed by atoms with van der Waals surface area (Å²) in [6.45, 7) is 12.6. The minimum atomic E-state index is -0.631. The fourth-order valence-electron chi connectivity index (χ4n) is 2.61. The lowest BCUT2D eigenvalue weighted by Gasteiger charge is -2.27. The molecule has 7 nitrogen and oxygen atoms in total. The number of carbonyl (C=O) groups excluding carboxylic acids is 2. The molecule has 0 aliphatic heterocycles. The molecule has 158 valence electrons. The molecule has 0 heterocycles. The Labute approximate surface area is 167 Å². The highest BCUT2D eigenvalue weighted by Crippen LogP contribution is 2.23. The van der Waals surface area contributed by atoms with E-state index in [-0.39, 0.29) is 23.4 Å². The molecule has 0 aromatic heterocycles. The van der Waals surface area contributed by atoms with Crippen LogP contribution in [-0.4, -0.2) is 34.4 Å². The van der Waals surface area contributed by atoms with Gasteiger partial charge in [0, 0.05) is 6.04 Å². The molecule has 0 saturated heterocycles. The number of carbonyl (C=O) groups is 2. The first kappa shape index (κ1) is 23.6. The number of nitrogen functional groups attached to an aromatic ring is 1. The van der Waals surface area contributed by atoms with Crippen LogP contribution in [0.4, 0.5) is 10.5 Å². The monoisotopic (exact) mass is 394 g/mol. The number of anilines is 1. The van der Waals surface area contributed by atoms with E-state index >= 15 is 0 Å². The van der Waals surface area contributed by atoms with E-state index in [0.717, 1.165) is 5.56 Å². The van der Waals surface area contributed by atoms with E-state index in [1.807, 2.05) is 20.8 Å². The van der Waals surface area contributed by atoms with E-state index in [1.165, 1.54) is 6.07 Å². The first-order chi connectivity index (χ1) is 12.7. The second-order valence-corrected chi connectivity index (χ2v) is 9.11. The van der Waals surface area contributed by atoms with Crippen molar-refractivity contribution in [1.82, 2.24) is 5.32 Å². The third-order valence-corrected chi connectivity index (χ3v) is 3.74. The van der Waals surface area contributed by atoms with Crippen LogP contribution < -0.4 is 11.1 Å². The number of phenols is 1. The molecule has 1 amide bonds. The van der Waals surface area contributed by atoms with Gasteiger partial charge in [-0.25, -0.2) is 4.79 Å². The van der Waals surface area contributed by atoms with Crippen LogP contribution in [0, 0.1) is 5.92 Å². The molecule has 0 spiro atoms. The summed E-state index contributed by atoms with van der Waals surface area (Å²) in [5.41, 5.74) is 5.64. The maximum absolute atomic E-state index is 12.3. The number of amides is 1. The Morgan fingerprint density at radius 3 is 2.18 bits per heavy atom. The summed E-state index contributed by atoms with van der Waals surface area (Å²) >= 11 is 0. The maximum Gasteiger partial charge on any atom is 0.407 e. The van der Waals surface area contributed by atoms with Crippen LogP contribution in [-0.2, 0) is 20.7 Å². The topological polar surface area (TPSA) is 111 Å². The Balaban J connectivity index is 2.91. The SMILES string of the molecule is C[C@H](C[C@H](Cc1ccc(O)c(N)c1)NC(=O)OC(C)(C)C)C(=O)OC(C)(C)C. The van der Waals surface area contributed by atoms with E-state index < -0.39 is 23.2 Å². The first-order valence-electron chi connectivity index (χ1n) is 9.46. The van der Waals surface area contributed by atoms with Crippen molar-refractivity contribution in [3.05, 3.63) is 23.8 Å². The third-order valence-electron chi connectivity index (χ3n) is 3.74. The summed E-state index contributed by atoms with van der Waals surface area (Å²) in [6, 6.07) is 4.51. The van der Waals surface area contributed by atoms with Crippen LogP contribution in [0.1, 0.15) is 60.5 Å². The Morgan fingerprint density at radius 2 is 1.68 bits per heavy atom. The van der Waals surface area contributed by atoms with Gasteiger partial charge in [-0.3, -0.25) is 4.79 Å². The molecule has 1 aromatic rings. The summed E-state index contributed by atoms with van der Waals surface area (Å²) in [4.78, 5) is 24.6. The Hall–Kier alpha value is -2.44. The van der Waals surface area contributed by atoms with Gasteiger partial charge in [-0.1, -0.05) is 13.0 Å². The van der Waals surface area contributed by atoms with Gasteiger partial charge in [0.1, 0.15) is 17.0 Å². The van der Waals surface area contributed by atoms with Gasteiger partial charge in [-0.2, -0.15) is 0 Å². The summed E-state index contributed by atoms with van der Waals surface area (Å²) in [5, 5.41) is 12.4. The van der Waals surface area contributed by atoms with Crippen molar-refractivity contribution in [2.75, 3.05) is 5.73 Å². The number of hydrogen-bond acceptors (Lipinski definition) is 6.